The lowest BCUT2D eigenvalue weighted by molar-refractivity contribution is 0.0846. The van der Waals surface area contributed by atoms with Crippen molar-refractivity contribution in [2.24, 2.45) is 0 Å². The fraction of sp³-hybridized carbons (Fsp3) is 0.353. The van der Waals surface area contributed by atoms with Crippen molar-refractivity contribution in [3.8, 4) is 0 Å². The van der Waals surface area contributed by atoms with E-state index in [1.54, 1.807) is 13.8 Å². The molecule has 3 N–H and O–H groups in total. The van der Waals surface area contributed by atoms with Gasteiger partial charge < -0.3 is 4.98 Å². The summed E-state index contributed by atoms with van der Waals surface area (Å²) < 4.78 is 0. The van der Waals surface area contributed by atoms with Crippen molar-refractivity contribution < 1.29 is 14.4 Å². The monoisotopic (exact) mass is 347 g/mol. The molecule has 0 spiro atoms. The van der Waals surface area contributed by atoms with Crippen molar-refractivity contribution in [3.63, 3.8) is 0 Å². The fourth-order valence-corrected chi connectivity index (χ4v) is 3.73. The highest BCUT2D eigenvalue weighted by atomic mass is 32.1. The van der Waals surface area contributed by atoms with Crippen LogP contribution in [0.1, 0.15) is 66.1 Å². The number of ketones is 1. The van der Waals surface area contributed by atoms with Crippen molar-refractivity contribution in [2.45, 2.75) is 41.0 Å². The SMILES string of the molecule is CCc1sc(C(=O)NNC(=O)c2[nH]c(C)c(C(C)=O)c2C)cc1C. The third-order valence-electron chi connectivity index (χ3n) is 3.87. The van der Waals surface area contributed by atoms with Crippen LogP contribution in [0.15, 0.2) is 6.07 Å². The first-order chi connectivity index (χ1) is 11.3. The predicted molar refractivity (Wildman–Crippen MR) is 93.6 cm³/mol. The van der Waals surface area contributed by atoms with Crippen molar-refractivity contribution in [1.29, 1.82) is 0 Å². The number of hydrazine groups is 1. The zero-order valence-corrected chi connectivity index (χ0v) is 15.2. The molecule has 0 radical (unpaired) electrons. The van der Waals surface area contributed by atoms with Crippen LogP contribution in [0.3, 0.4) is 0 Å². The van der Waals surface area contributed by atoms with Gasteiger partial charge in [-0.3, -0.25) is 25.2 Å². The fourth-order valence-electron chi connectivity index (χ4n) is 2.73. The van der Waals surface area contributed by atoms with Gasteiger partial charge in [-0.25, -0.2) is 0 Å². The van der Waals surface area contributed by atoms with Gasteiger partial charge in [0.2, 0.25) is 0 Å². The lowest BCUT2D eigenvalue weighted by atomic mass is 10.1. The molecule has 2 aromatic heterocycles. The van der Waals surface area contributed by atoms with Gasteiger partial charge in [0.15, 0.2) is 5.78 Å². The number of hydrogen-bond acceptors (Lipinski definition) is 4. The molecule has 0 aromatic carbocycles. The van der Waals surface area contributed by atoms with Crippen LogP contribution >= 0.6 is 11.3 Å². The maximum atomic E-state index is 12.3. The number of nitrogens with one attached hydrogen (secondary N) is 3. The van der Waals surface area contributed by atoms with Crippen LogP contribution in [0, 0.1) is 20.8 Å². The number of rotatable bonds is 4. The molecule has 0 fully saturated rings. The number of H-pyrrole nitrogens is 1. The minimum Gasteiger partial charge on any atom is -0.354 e. The van der Waals surface area contributed by atoms with E-state index < -0.39 is 5.91 Å². The molecule has 7 heteroatoms. The van der Waals surface area contributed by atoms with Gasteiger partial charge in [-0.2, -0.15) is 0 Å². The molecule has 0 atom stereocenters. The molecule has 0 aliphatic carbocycles. The van der Waals surface area contributed by atoms with E-state index in [-0.39, 0.29) is 17.4 Å². The van der Waals surface area contributed by atoms with E-state index in [1.807, 2.05) is 19.9 Å². The van der Waals surface area contributed by atoms with Gasteiger partial charge in [-0.1, -0.05) is 6.92 Å². The van der Waals surface area contributed by atoms with Crippen LogP contribution in [0.2, 0.25) is 0 Å². The number of amides is 2. The molecular formula is C17H21N3O3S. The van der Waals surface area contributed by atoms with Gasteiger partial charge in [0.25, 0.3) is 11.8 Å². The van der Waals surface area contributed by atoms with Crippen LogP contribution in [-0.2, 0) is 6.42 Å². The number of thiophene rings is 1. The summed E-state index contributed by atoms with van der Waals surface area (Å²) >= 11 is 1.41. The van der Waals surface area contributed by atoms with Crippen LogP contribution in [0.5, 0.6) is 0 Å². The zero-order chi connectivity index (χ0) is 18.0. The van der Waals surface area contributed by atoms with Crippen LogP contribution in [0.4, 0.5) is 0 Å². The molecule has 2 aromatic rings. The Morgan fingerprint density at radius 1 is 1.12 bits per heavy atom. The van der Waals surface area contributed by atoms with Crippen molar-refractivity contribution in [2.75, 3.05) is 0 Å². The lowest BCUT2D eigenvalue weighted by Crippen LogP contribution is -2.41. The largest absolute Gasteiger partial charge is 0.354 e. The minimum absolute atomic E-state index is 0.106. The third-order valence-corrected chi connectivity index (χ3v) is 5.25. The standard InChI is InChI=1S/C17H21N3O3S/c1-6-12-8(2)7-13(24-12)16(22)19-20-17(23)15-9(3)14(11(5)21)10(4)18-15/h7,18H,6H2,1-5H3,(H,19,22)(H,20,23). The molecule has 6 nitrogen and oxygen atoms in total. The maximum Gasteiger partial charge on any atom is 0.286 e. The average molecular weight is 347 g/mol. The number of aryl methyl sites for hydroxylation is 3. The Labute approximate surface area is 144 Å². The molecule has 0 aliphatic rings. The lowest BCUT2D eigenvalue weighted by Gasteiger charge is -2.06. The number of aromatic amines is 1. The molecule has 0 bridgehead atoms. The van der Waals surface area contributed by atoms with Crippen molar-refractivity contribution >= 4 is 28.9 Å². The van der Waals surface area contributed by atoms with Gasteiger partial charge >= 0.3 is 0 Å². The van der Waals surface area contributed by atoms with E-state index in [2.05, 4.69) is 15.8 Å². The summed E-state index contributed by atoms with van der Waals surface area (Å²) in [6.45, 7) is 8.88. The summed E-state index contributed by atoms with van der Waals surface area (Å²) in [7, 11) is 0. The average Bonchev–Trinajstić information content (AvgIpc) is 3.04. The number of hydrogen-bond donors (Lipinski definition) is 3. The molecular weight excluding hydrogens is 326 g/mol. The second kappa shape index (κ2) is 7.00. The van der Waals surface area contributed by atoms with Crippen LogP contribution in [0.25, 0.3) is 0 Å². The van der Waals surface area contributed by atoms with E-state index in [4.69, 9.17) is 0 Å². The topological polar surface area (TPSA) is 91.1 Å². The van der Waals surface area contributed by atoms with E-state index in [0.29, 0.717) is 21.7 Å². The van der Waals surface area contributed by atoms with Gasteiger partial charge in [-0.15, -0.1) is 11.3 Å². The first-order valence-electron chi connectivity index (χ1n) is 7.66. The number of Topliss-reactive ketones (excluding diaryl/α,β-unsaturated/α-hetero) is 1. The molecule has 0 saturated heterocycles. The van der Waals surface area contributed by atoms with Crippen LogP contribution in [-0.4, -0.2) is 22.6 Å². The summed E-state index contributed by atoms with van der Waals surface area (Å²) in [6, 6.07) is 1.81. The molecule has 128 valence electrons. The summed E-state index contributed by atoms with van der Waals surface area (Å²) in [5.74, 6) is -0.949. The van der Waals surface area contributed by atoms with E-state index in [0.717, 1.165) is 16.9 Å². The Kier molecular flexibility index (Phi) is 5.23. The van der Waals surface area contributed by atoms with Gasteiger partial charge in [0, 0.05) is 16.1 Å². The summed E-state index contributed by atoms with van der Waals surface area (Å²) in [6.07, 6.45) is 0.866. The molecule has 2 heterocycles. The Morgan fingerprint density at radius 3 is 2.25 bits per heavy atom. The molecule has 24 heavy (non-hydrogen) atoms. The Hall–Kier alpha value is -2.41. The second-order valence-corrected chi connectivity index (χ2v) is 6.80. The minimum atomic E-state index is -0.486. The molecule has 0 aliphatic heterocycles. The number of aromatic nitrogens is 1. The Morgan fingerprint density at radius 2 is 1.75 bits per heavy atom. The maximum absolute atomic E-state index is 12.3. The normalized spacial score (nSPS) is 10.5. The first-order valence-corrected chi connectivity index (χ1v) is 8.48. The van der Waals surface area contributed by atoms with Gasteiger partial charge in [-0.05, 0) is 51.3 Å². The summed E-state index contributed by atoms with van der Waals surface area (Å²) in [5.41, 5.74) is 7.87. The molecule has 2 rings (SSSR count). The van der Waals surface area contributed by atoms with Crippen molar-refractivity contribution in [3.05, 3.63) is 43.9 Å². The van der Waals surface area contributed by atoms with Gasteiger partial charge in [0.05, 0.1) is 4.88 Å². The second-order valence-electron chi connectivity index (χ2n) is 5.66. The van der Waals surface area contributed by atoms with Gasteiger partial charge in [0.1, 0.15) is 5.69 Å². The third kappa shape index (κ3) is 3.41. The van der Waals surface area contributed by atoms with E-state index >= 15 is 0 Å². The van der Waals surface area contributed by atoms with Crippen LogP contribution < -0.4 is 10.9 Å². The predicted octanol–water partition coefficient (Wildman–Crippen LogP) is 2.84. The zero-order valence-electron chi connectivity index (χ0n) is 14.4. The van der Waals surface area contributed by atoms with E-state index in [9.17, 15) is 14.4 Å². The highest BCUT2D eigenvalue weighted by molar-refractivity contribution is 7.14. The molecule has 0 unspecified atom stereocenters. The summed E-state index contributed by atoms with van der Waals surface area (Å²) in [4.78, 5) is 40.6. The quantitative estimate of drug-likeness (QED) is 0.587. The number of carbonyl (C=O) groups excluding carboxylic acids is 3. The summed E-state index contributed by atoms with van der Waals surface area (Å²) in [5, 5.41) is 0. The van der Waals surface area contributed by atoms with Crippen molar-refractivity contribution in [1.82, 2.24) is 15.8 Å². The highest BCUT2D eigenvalue weighted by Crippen LogP contribution is 2.22. The highest BCUT2D eigenvalue weighted by Gasteiger charge is 2.20. The Bertz CT molecular complexity index is 817. The molecule has 0 saturated carbocycles. The van der Waals surface area contributed by atoms with E-state index in [1.165, 1.54) is 18.3 Å². The first kappa shape index (κ1) is 17.9. The smallest absolute Gasteiger partial charge is 0.286 e. The number of carbonyl (C=O) groups is 3. The molecule has 2 amide bonds. The Balaban J connectivity index is 2.09.